The van der Waals surface area contributed by atoms with Crippen LogP contribution in [0.3, 0.4) is 0 Å². The van der Waals surface area contributed by atoms with Crippen molar-refractivity contribution in [1.82, 2.24) is 0 Å². The largest absolute Gasteiger partial charge is 0.642 e. The third kappa shape index (κ3) is 1.33. The molecule has 0 spiro atoms. The van der Waals surface area contributed by atoms with Gasteiger partial charge >= 0.3 is 14.4 Å². The summed E-state index contributed by atoms with van der Waals surface area (Å²) >= 11 is 0. The molecule has 7 heteroatoms. The van der Waals surface area contributed by atoms with Gasteiger partial charge in [0.15, 0.2) is 0 Å². The minimum atomic E-state index is -0.507. The summed E-state index contributed by atoms with van der Waals surface area (Å²) in [5, 5.41) is 0. The summed E-state index contributed by atoms with van der Waals surface area (Å²) in [6.07, 6.45) is 0. The molecule has 0 bridgehead atoms. The molecule has 2 heterocycles. The van der Waals surface area contributed by atoms with Gasteiger partial charge in [0.2, 0.25) is 0 Å². The van der Waals surface area contributed by atoms with E-state index in [1.54, 1.807) is 0 Å². The summed E-state index contributed by atoms with van der Waals surface area (Å²) < 4.78 is 24.4. The van der Waals surface area contributed by atoms with Crippen molar-refractivity contribution in [3.05, 3.63) is 0 Å². The molecule has 0 aliphatic carbocycles. The van der Waals surface area contributed by atoms with Crippen LogP contribution >= 0.6 is 0 Å². The van der Waals surface area contributed by atoms with Gasteiger partial charge in [0.1, 0.15) is 13.6 Å². The van der Waals surface area contributed by atoms with Crippen LogP contribution in [-0.2, 0) is 23.3 Å². The maximum atomic E-state index is 4.99. The molecule has 54 valence electrons. The third-order valence-corrected chi connectivity index (χ3v) is 1.28. The summed E-state index contributed by atoms with van der Waals surface area (Å²) in [5.74, 6) is 0. The van der Waals surface area contributed by atoms with Crippen molar-refractivity contribution in [3.8, 4) is 0 Å². The lowest BCUT2D eigenvalue weighted by Gasteiger charge is -2.26. The highest BCUT2D eigenvalue weighted by Gasteiger charge is 2.35. The van der Waals surface area contributed by atoms with Gasteiger partial charge in [-0.05, 0) is 0 Å². The van der Waals surface area contributed by atoms with Crippen LogP contribution in [0.4, 0.5) is 0 Å². The molecular weight excluding hydrogens is 138 g/mol. The van der Waals surface area contributed by atoms with E-state index in [0.717, 1.165) is 0 Å². The van der Waals surface area contributed by atoms with Crippen molar-refractivity contribution in [2.45, 2.75) is 0 Å². The van der Waals surface area contributed by atoms with E-state index < -0.39 is 7.32 Å². The first-order chi connectivity index (χ1) is 4.95. The molecule has 0 amide bonds. The van der Waals surface area contributed by atoms with Crippen LogP contribution in [0.2, 0.25) is 0 Å². The summed E-state index contributed by atoms with van der Waals surface area (Å²) in [7, 11) is -0.736. The average Bonchev–Trinajstić information content (AvgIpc) is 1.70. The zero-order valence-corrected chi connectivity index (χ0v) is 5.32. The fourth-order valence-electron chi connectivity index (χ4n) is 0.637. The predicted molar refractivity (Wildman–Crippen MR) is 31.5 cm³/mol. The van der Waals surface area contributed by atoms with Crippen LogP contribution in [0.5, 0.6) is 0 Å². The Bertz CT molecular complexity index is 99.5. The molecule has 0 saturated carbocycles. The molecule has 0 unspecified atom stereocenters. The van der Waals surface area contributed by atoms with E-state index in [1.165, 1.54) is 0 Å². The van der Waals surface area contributed by atoms with Crippen LogP contribution in [0.25, 0.3) is 0 Å². The first-order valence-electron chi connectivity index (χ1n) is 3.03. The molecule has 2 fully saturated rings. The van der Waals surface area contributed by atoms with Crippen molar-refractivity contribution in [1.29, 1.82) is 0 Å². The number of rotatable bonds is 3. The lowest BCUT2D eigenvalue weighted by atomic mass is 9.89. The monoisotopic (exact) mass is 144 g/mol. The van der Waals surface area contributed by atoms with Gasteiger partial charge in [-0.2, -0.15) is 0 Å². The average molecular weight is 144 g/mol. The molecule has 0 atom stereocenters. The molecule has 2 saturated heterocycles. The maximum Gasteiger partial charge on any atom is 0.642 e. The standard InChI is InChI=1S/C3H6B2O5/c1(4-7-2-8-4)6-5-9-3-10-5/h1-3H2. The van der Waals surface area contributed by atoms with E-state index >= 15 is 0 Å². The van der Waals surface area contributed by atoms with Crippen molar-refractivity contribution >= 4 is 14.4 Å². The van der Waals surface area contributed by atoms with Gasteiger partial charge in [-0.25, -0.2) is 0 Å². The zero-order valence-electron chi connectivity index (χ0n) is 5.32. The highest BCUT2D eigenvalue weighted by atomic mass is 16.9. The second-order valence-corrected chi connectivity index (χ2v) is 1.95. The van der Waals surface area contributed by atoms with Crippen LogP contribution in [-0.4, -0.2) is 34.5 Å². The van der Waals surface area contributed by atoms with Gasteiger partial charge in [-0.3, -0.25) is 0 Å². The van der Waals surface area contributed by atoms with Crippen LogP contribution in [0.1, 0.15) is 0 Å². The summed E-state index contributed by atoms with van der Waals surface area (Å²) in [4.78, 5) is 0. The second kappa shape index (κ2) is 2.89. The van der Waals surface area contributed by atoms with Crippen molar-refractivity contribution in [2.75, 3.05) is 20.1 Å². The van der Waals surface area contributed by atoms with Crippen molar-refractivity contribution in [3.63, 3.8) is 0 Å². The minimum absolute atomic E-state index is 0.229. The summed E-state index contributed by atoms with van der Waals surface area (Å²) in [5.41, 5.74) is 0. The van der Waals surface area contributed by atoms with E-state index in [9.17, 15) is 0 Å². The summed E-state index contributed by atoms with van der Waals surface area (Å²) in [6.45, 7) is 1.04. The van der Waals surface area contributed by atoms with E-state index in [4.69, 9.17) is 23.3 Å². The first-order valence-corrected chi connectivity index (χ1v) is 3.03. The fraction of sp³-hybridized carbons (Fsp3) is 1.00. The quantitative estimate of drug-likeness (QED) is 0.476. The van der Waals surface area contributed by atoms with E-state index in [0.29, 0.717) is 20.1 Å². The predicted octanol–water partition coefficient (Wildman–Crippen LogP) is -0.976. The van der Waals surface area contributed by atoms with E-state index in [1.807, 2.05) is 0 Å². The molecule has 10 heavy (non-hydrogen) atoms. The zero-order chi connectivity index (χ0) is 6.81. The van der Waals surface area contributed by atoms with Crippen molar-refractivity contribution in [2.24, 2.45) is 0 Å². The van der Waals surface area contributed by atoms with Crippen LogP contribution in [0.15, 0.2) is 0 Å². The Morgan fingerprint density at radius 2 is 1.80 bits per heavy atom. The Morgan fingerprint density at radius 3 is 2.20 bits per heavy atom. The topological polar surface area (TPSA) is 46.2 Å². The smallest absolute Gasteiger partial charge is 0.388 e. The van der Waals surface area contributed by atoms with E-state index in [-0.39, 0.29) is 7.12 Å². The molecule has 0 N–H and O–H groups in total. The van der Waals surface area contributed by atoms with Crippen LogP contribution < -0.4 is 0 Å². The first kappa shape index (κ1) is 6.63. The highest BCUT2D eigenvalue weighted by molar-refractivity contribution is 6.48. The number of hydrogen-bond donors (Lipinski definition) is 0. The molecule has 0 aromatic rings. The van der Waals surface area contributed by atoms with Gasteiger partial charge < -0.3 is 23.3 Å². The lowest BCUT2D eigenvalue weighted by molar-refractivity contribution is -0.0763. The third-order valence-electron chi connectivity index (χ3n) is 1.28. The Hall–Kier alpha value is -0.0701. The molecule has 0 aromatic carbocycles. The molecule has 0 aromatic heterocycles. The molecule has 5 nitrogen and oxygen atoms in total. The molecule has 0 radical (unpaired) electrons. The Balaban J connectivity index is 1.54. The minimum Gasteiger partial charge on any atom is -0.388 e. The van der Waals surface area contributed by atoms with Gasteiger partial charge in [-0.15, -0.1) is 0 Å². The molecular formula is C3H6B2O5. The van der Waals surface area contributed by atoms with Gasteiger partial charge in [0, 0.05) is 0 Å². The molecule has 2 rings (SSSR count). The Morgan fingerprint density at radius 1 is 1.10 bits per heavy atom. The maximum absolute atomic E-state index is 4.99. The lowest BCUT2D eigenvalue weighted by Crippen LogP contribution is -2.46. The normalized spacial score (nSPS) is 24.0. The van der Waals surface area contributed by atoms with E-state index in [2.05, 4.69) is 0 Å². The van der Waals surface area contributed by atoms with Gasteiger partial charge in [-0.1, -0.05) is 0 Å². The fourth-order valence-corrected chi connectivity index (χ4v) is 0.637. The molecule has 2 aliphatic heterocycles. The SMILES string of the molecule is C1OB(COB2OCO2)O1. The Labute approximate surface area is 58.8 Å². The highest BCUT2D eigenvalue weighted by Crippen LogP contribution is 2.07. The van der Waals surface area contributed by atoms with Crippen molar-refractivity contribution < 1.29 is 23.3 Å². The number of hydrogen-bond acceptors (Lipinski definition) is 5. The summed E-state index contributed by atoms with van der Waals surface area (Å²) in [6, 6.07) is 0. The van der Waals surface area contributed by atoms with Crippen LogP contribution in [0, 0.1) is 0 Å². The second-order valence-electron chi connectivity index (χ2n) is 1.95. The molecule has 2 aliphatic rings. The van der Waals surface area contributed by atoms with Gasteiger partial charge in [0.05, 0.1) is 6.51 Å². The van der Waals surface area contributed by atoms with Gasteiger partial charge in [0.25, 0.3) is 0 Å². The Kier molecular flexibility index (Phi) is 1.92.